The largest absolute Gasteiger partial charge is 0.467 e. The lowest BCUT2D eigenvalue weighted by atomic mass is 10.0. The summed E-state index contributed by atoms with van der Waals surface area (Å²) in [6, 6.07) is 13.4. The third-order valence-electron chi connectivity index (χ3n) is 4.29. The molecule has 6 nitrogen and oxygen atoms in total. The molecule has 2 aromatic heterocycles. The maximum absolute atomic E-state index is 12.9. The molecule has 3 aromatic rings. The fourth-order valence-corrected chi connectivity index (χ4v) is 3.57. The summed E-state index contributed by atoms with van der Waals surface area (Å²) in [6.45, 7) is 2.05. The first-order valence-electron chi connectivity index (χ1n) is 8.60. The SMILES string of the molecule is Cc1ccc(C2=NN(C(=O)CSc3ncccn3)[C@@H](c3ccco3)C2)cc1. The van der Waals surface area contributed by atoms with Gasteiger partial charge in [-0.1, -0.05) is 41.6 Å². The van der Waals surface area contributed by atoms with Crippen LogP contribution in [0.4, 0.5) is 0 Å². The number of benzene rings is 1. The molecule has 4 rings (SSSR count). The molecule has 1 aliphatic heterocycles. The Morgan fingerprint density at radius 1 is 1.19 bits per heavy atom. The monoisotopic (exact) mass is 378 g/mol. The van der Waals surface area contributed by atoms with E-state index in [1.165, 1.54) is 22.3 Å². The molecule has 1 amide bonds. The minimum absolute atomic E-state index is 0.101. The van der Waals surface area contributed by atoms with Crippen molar-refractivity contribution in [2.75, 3.05) is 5.75 Å². The van der Waals surface area contributed by atoms with Crippen LogP contribution in [0.3, 0.4) is 0 Å². The van der Waals surface area contributed by atoms with Gasteiger partial charge in [-0.15, -0.1) is 0 Å². The fourth-order valence-electron chi connectivity index (χ4n) is 2.92. The van der Waals surface area contributed by atoms with Gasteiger partial charge in [-0.05, 0) is 30.7 Å². The number of aryl methyl sites for hydroxylation is 1. The fraction of sp³-hybridized carbons (Fsp3) is 0.200. The van der Waals surface area contributed by atoms with E-state index in [2.05, 4.69) is 15.1 Å². The molecular weight excluding hydrogens is 360 g/mol. The first-order valence-corrected chi connectivity index (χ1v) is 9.59. The molecular formula is C20H18N4O2S. The van der Waals surface area contributed by atoms with E-state index in [4.69, 9.17) is 4.42 Å². The van der Waals surface area contributed by atoms with Crippen LogP contribution in [0.25, 0.3) is 0 Å². The number of hydrogen-bond acceptors (Lipinski definition) is 6. The summed E-state index contributed by atoms with van der Waals surface area (Å²) in [6.07, 6.45) is 5.56. The van der Waals surface area contributed by atoms with E-state index in [-0.39, 0.29) is 17.7 Å². The number of carbonyl (C=O) groups is 1. The molecule has 1 aromatic carbocycles. The summed E-state index contributed by atoms with van der Waals surface area (Å²) >= 11 is 1.30. The number of carbonyl (C=O) groups excluding carboxylic acids is 1. The first kappa shape index (κ1) is 17.5. The second-order valence-corrected chi connectivity index (χ2v) is 7.15. The van der Waals surface area contributed by atoms with Crippen LogP contribution in [0, 0.1) is 6.92 Å². The lowest BCUT2D eigenvalue weighted by Gasteiger charge is -2.19. The minimum atomic E-state index is -0.235. The Hall–Kier alpha value is -2.93. The Bertz CT molecular complexity index is 940. The predicted octanol–water partition coefficient (Wildman–Crippen LogP) is 3.85. The van der Waals surface area contributed by atoms with Crippen LogP contribution in [-0.2, 0) is 4.79 Å². The summed E-state index contributed by atoms with van der Waals surface area (Å²) in [7, 11) is 0. The minimum Gasteiger partial charge on any atom is -0.467 e. The van der Waals surface area contributed by atoms with Crippen LogP contribution in [0.15, 0.2) is 75.8 Å². The third-order valence-corrected chi connectivity index (χ3v) is 5.15. The molecule has 0 saturated heterocycles. The maximum atomic E-state index is 12.9. The van der Waals surface area contributed by atoms with Gasteiger partial charge in [0.1, 0.15) is 11.8 Å². The van der Waals surface area contributed by atoms with Gasteiger partial charge in [-0.25, -0.2) is 15.0 Å². The Kier molecular flexibility index (Phi) is 5.02. The highest BCUT2D eigenvalue weighted by Gasteiger charge is 2.34. The van der Waals surface area contributed by atoms with Crippen LogP contribution < -0.4 is 0 Å². The standard InChI is InChI=1S/C20H18N4O2S/c1-14-5-7-15(8-6-14)16-12-17(18-4-2-11-26-18)24(23-16)19(25)13-27-20-21-9-3-10-22-20/h2-11,17H,12-13H2,1H3/t17-/m1/s1. The van der Waals surface area contributed by atoms with E-state index < -0.39 is 0 Å². The number of furan rings is 1. The van der Waals surface area contributed by atoms with Crippen LogP contribution in [0.1, 0.15) is 29.3 Å². The Morgan fingerprint density at radius 3 is 2.67 bits per heavy atom. The van der Waals surface area contributed by atoms with E-state index >= 15 is 0 Å². The second-order valence-electron chi connectivity index (χ2n) is 6.21. The lowest BCUT2D eigenvalue weighted by molar-refractivity contribution is -0.130. The predicted molar refractivity (Wildman–Crippen MR) is 103 cm³/mol. The molecule has 0 saturated carbocycles. The van der Waals surface area contributed by atoms with Gasteiger partial charge in [-0.3, -0.25) is 4.79 Å². The van der Waals surface area contributed by atoms with Crippen molar-refractivity contribution in [3.05, 3.63) is 78.0 Å². The van der Waals surface area contributed by atoms with Gasteiger partial charge in [0.15, 0.2) is 5.16 Å². The zero-order valence-corrected chi connectivity index (χ0v) is 15.6. The second kappa shape index (κ2) is 7.75. The Morgan fingerprint density at radius 2 is 1.96 bits per heavy atom. The topological polar surface area (TPSA) is 71.6 Å². The van der Waals surface area contributed by atoms with Crippen LogP contribution in [0.2, 0.25) is 0 Å². The van der Waals surface area contributed by atoms with Crippen molar-refractivity contribution in [2.24, 2.45) is 5.10 Å². The van der Waals surface area contributed by atoms with Gasteiger partial charge in [0.2, 0.25) is 0 Å². The number of hydrazone groups is 1. The summed E-state index contributed by atoms with van der Waals surface area (Å²) in [5.41, 5.74) is 3.09. The quantitative estimate of drug-likeness (QED) is 0.498. The number of amides is 1. The molecule has 0 fully saturated rings. The van der Waals surface area contributed by atoms with Crippen molar-refractivity contribution in [3.8, 4) is 0 Å². The molecule has 27 heavy (non-hydrogen) atoms. The number of rotatable bonds is 5. The van der Waals surface area contributed by atoms with Crippen molar-refractivity contribution < 1.29 is 9.21 Å². The van der Waals surface area contributed by atoms with Crippen molar-refractivity contribution in [1.82, 2.24) is 15.0 Å². The smallest absolute Gasteiger partial charge is 0.253 e. The number of nitrogens with zero attached hydrogens (tertiary/aromatic N) is 4. The van der Waals surface area contributed by atoms with E-state index in [9.17, 15) is 4.79 Å². The van der Waals surface area contributed by atoms with E-state index in [1.54, 1.807) is 24.7 Å². The van der Waals surface area contributed by atoms with E-state index in [0.717, 1.165) is 17.0 Å². The molecule has 136 valence electrons. The van der Waals surface area contributed by atoms with Gasteiger partial charge in [0.25, 0.3) is 5.91 Å². The Balaban J connectivity index is 1.55. The number of hydrogen-bond donors (Lipinski definition) is 0. The first-order chi connectivity index (χ1) is 13.2. The van der Waals surface area contributed by atoms with Crippen LogP contribution in [0.5, 0.6) is 0 Å². The molecule has 1 atom stereocenters. The van der Waals surface area contributed by atoms with Crippen molar-refractivity contribution in [1.29, 1.82) is 0 Å². The summed E-state index contributed by atoms with van der Waals surface area (Å²) in [4.78, 5) is 21.1. The van der Waals surface area contributed by atoms with Crippen molar-refractivity contribution in [3.63, 3.8) is 0 Å². The summed E-state index contributed by atoms with van der Waals surface area (Å²) < 4.78 is 5.57. The van der Waals surface area contributed by atoms with Gasteiger partial charge in [0.05, 0.1) is 17.7 Å². The molecule has 0 radical (unpaired) electrons. The molecule has 0 aliphatic carbocycles. The third kappa shape index (κ3) is 3.93. The molecule has 0 unspecified atom stereocenters. The highest BCUT2D eigenvalue weighted by molar-refractivity contribution is 7.99. The average molecular weight is 378 g/mol. The molecule has 1 aliphatic rings. The summed E-state index contributed by atoms with van der Waals surface area (Å²) in [5.74, 6) is 0.845. The Labute approximate surface area is 161 Å². The zero-order valence-electron chi connectivity index (χ0n) is 14.8. The van der Waals surface area contributed by atoms with Gasteiger partial charge >= 0.3 is 0 Å². The highest BCUT2D eigenvalue weighted by atomic mass is 32.2. The molecule has 3 heterocycles. The van der Waals surface area contributed by atoms with Gasteiger partial charge < -0.3 is 4.42 Å². The van der Waals surface area contributed by atoms with E-state index in [0.29, 0.717) is 11.6 Å². The van der Waals surface area contributed by atoms with Gasteiger partial charge in [-0.2, -0.15) is 5.10 Å². The average Bonchev–Trinajstić information content (AvgIpc) is 3.37. The molecule has 7 heteroatoms. The normalized spacial score (nSPS) is 16.4. The van der Waals surface area contributed by atoms with E-state index in [1.807, 2.05) is 43.3 Å². The van der Waals surface area contributed by atoms with Crippen molar-refractivity contribution in [2.45, 2.75) is 24.5 Å². The maximum Gasteiger partial charge on any atom is 0.253 e. The van der Waals surface area contributed by atoms with Crippen LogP contribution >= 0.6 is 11.8 Å². The molecule has 0 spiro atoms. The lowest BCUT2D eigenvalue weighted by Crippen LogP contribution is -2.28. The van der Waals surface area contributed by atoms with Crippen LogP contribution in [-0.4, -0.2) is 32.3 Å². The molecule has 0 bridgehead atoms. The number of aromatic nitrogens is 2. The highest BCUT2D eigenvalue weighted by Crippen LogP contribution is 2.33. The summed E-state index contributed by atoms with van der Waals surface area (Å²) in [5, 5.41) is 6.73. The zero-order chi connectivity index (χ0) is 18.6. The molecule has 0 N–H and O–H groups in total. The van der Waals surface area contributed by atoms with Crippen molar-refractivity contribution >= 4 is 23.4 Å². The van der Waals surface area contributed by atoms with Gasteiger partial charge in [0, 0.05) is 18.8 Å². The number of thioether (sulfide) groups is 1.